The third-order valence-corrected chi connectivity index (χ3v) is 10.9. The number of carbonyl (C=O) groups excluding carboxylic acids is 2. The number of benzene rings is 7. The third-order valence-electron chi connectivity index (χ3n) is 10.9. The van der Waals surface area contributed by atoms with Gasteiger partial charge in [0.2, 0.25) is 11.8 Å². The molecule has 0 unspecified atom stereocenters. The third kappa shape index (κ3) is 3.37. The fourth-order valence-electron chi connectivity index (χ4n) is 9.18. The molecule has 2 aliphatic carbocycles. The fraction of sp³-hybridized carbons (Fsp3) is 0.116. The highest BCUT2D eigenvalue weighted by Crippen LogP contribution is 2.67. The molecule has 10 rings (SSSR count). The van der Waals surface area contributed by atoms with E-state index >= 15 is 0 Å². The van der Waals surface area contributed by atoms with E-state index in [1.54, 1.807) is 4.90 Å². The van der Waals surface area contributed by atoms with Gasteiger partial charge >= 0.3 is 0 Å². The summed E-state index contributed by atoms with van der Waals surface area (Å²) in [5, 5.41) is 6.61. The number of hydrogen-bond donors (Lipinski definition) is 0. The molecule has 1 aliphatic heterocycles. The zero-order valence-corrected chi connectivity index (χ0v) is 25.1. The summed E-state index contributed by atoms with van der Waals surface area (Å²) in [6.45, 7) is 0. The lowest BCUT2D eigenvalue weighted by atomic mass is 9.71. The molecule has 0 aromatic heterocycles. The van der Waals surface area contributed by atoms with Crippen molar-refractivity contribution in [3.8, 4) is 22.3 Å². The Kier molecular flexibility index (Phi) is 5.31. The molecule has 3 heteroatoms. The molecule has 2 bridgehead atoms. The average Bonchev–Trinajstić information content (AvgIpc) is 3.76. The number of anilines is 1. The summed E-state index contributed by atoms with van der Waals surface area (Å²) >= 11 is 0. The second kappa shape index (κ2) is 9.48. The molecule has 3 nitrogen and oxygen atoms in total. The SMILES string of the molecule is O=C1[C@@H]2[C@H](C(=O)N1c1cccc3cc4ccccc4cc13)[C@H]1C[C@@H]2c2c1c(-c1ccccc1)c1ccccc1c2-c1ccccc1. The molecule has 4 atom stereocenters. The molecule has 0 N–H and O–H groups in total. The number of amides is 2. The first-order chi connectivity index (χ1) is 22.7. The predicted octanol–water partition coefficient (Wildman–Crippen LogP) is 9.87. The maximum atomic E-state index is 14.7. The molecule has 218 valence electrons. The van der Waals surface area contributed by atoms with Gasteiger partial charge in [0.25, 0.3) is 0 Å². The van der Waals surface area contributed by atoms with Crippen molar-refractivity contribution in [1.29, 1.82) is 0 Å². The monoisotopic (exact) mass is 591 g/mol. The summed E-state index contributed by atoms with van der Waals surface area (Å²) in [6, 6.07) is 48.4. The molecule has 7 aromatic carbocycles. The van der Waals surface area contributed by atoms with Crippen molar-refractivity contribution in [2.24, 2.45) is 11.8 Å². The average molecular weight is 592 g/mol. The van der Waals surface area contributed by atoms with Crippen LogP contribution in [0.25, 0.3) is 54.6 Å². The summed E-state index contributed by atoms with van der Waals surface area (Å²) < 4.78 is 0. The predicted molar refractivity (Wildman–Crippen MR) is 186 cm³/mol. The van der Waals surface area contributed by atoms with Gasteiger partial charge in [-0.3, -0.25) is 9.59 Å². The van der Waals surface area contributed by atoms with Crippen LogP contribution < -0.4 is 4.90 Å². The van der Waals surface area contributed by atoms with Gasteiger partial charge in [-0.25, -0.2) is 4.90 Å². The molecule has 1 heterocycles. The number of rotatable bonds is 3. The lowest BCUT2D eigenvalue weighted by Crippen LogP contribution is -2.32. The molecular formula is C43H29NO2. The van der Waals surface area contributed by atoms with Crippen molar-refractivity contribution in [3.63, 3.8) is 0 Å². The first kappa shape index (κ1) is 25.8. The topological polar surface area (TPSA) is 37.4 Å². The Hall–Kier alpha value is -5.54. The van der Waals surface area contributed by atoms with Crippen LogP contribution >= 0.6 is 0 Å². The summed E-state index contributed by atoms with van der Waals surface area (Å²) in [4.78, 5) is 30.9. The molecule has 1 saturated heterocycles. The van der Waals surface area contributed by atoms with Crippen molar-refractivity contribution in [1.82, 2.24) is 0 Å². The molecule has 3 aliphatic rings. The van der Waals surface area contributed by atoms with Gasteiger partial charge in [-0.2, -0.15) is 0 Å². The van der Waals surface area contributed by atoms with Crippen LogP contribution in [-0.2, 0) is 9.59 Å². The highest BCUT2D eigenvalue weighted by atomic mass is 16.2. The van der Waals surface area contributed by atoms with Crippen molar-refractivity contribution < 1.29 is 9.59 Å². The summed E-state index contributed by atoms with van der Waals surface area (Å²) in [5.41, 5.74) is 7.98. The molecule has 1 saturated carbocycles. The number of nitrogens with zero attached hydrogens (tertiary/aromatic N) is 1. The van der Waals surface area contributed by atoms with Crippen LogP contribution in [0.15, 0.2) is 140 Å². The molecule has 0 spiro atoms. The van der Waals surface area contributed by atoms with Gasteiger partial charge in [-0.15, -0.1) is 0 Å². The maximum absolute atomic E-state index is 14.7. The van der Waals surface area contributed by atoms with E-state index in [0.29, 0.717) is 5.69 Å². The highest BCUT2D eigenvalue weighted by Gasteiger charge is 2.64. The maximum Gasteiger partial charge on any atom is 0.238 e. The van der Waals surface area contributed by atoms with Crippen molar-refractivity contribution >= 4 is 49.8 Å². The van der Waals surface area contributed by atoms with Crippen LogP contribution in [0, 0.1) is 11.8 Å². The molecule has 2 amide bonds. The van der Waals surface area contributed by atoms with Crippen LogP contribution in [0.1, 0.15) is 29.4 Å². The van der Waals surface area contributed by atoms with E-state index < -0.39 is 0 Å². The first-order valence-electron chi connectivity index (χ1n) is 16.2. The molecule has 46 heavy (non-hydrogen) atoms. The summed E-state index contributed by atoms with van der Waals surface area (Å²) in [5.74, 6) is -0.889. The van der Waals surface area contributed by atoms with Gasteiger partial charge in [0.1, 0.15) is 0 Å². The summed E-state index contributed by atoms with van der Waals surface area (Å²) in [6.07, 6.45) is 0.826. The Labute approximate surface area is 266 Å². The highest BCUT2D eigenvalue weighted by molar-refractivity contribution is 6.27. The smallest absolute Gasteiger partial charge is 0.238 e. The Morgan fingerprint density at radius 1 is 0.457 bits per heavy atom. The van der Waals surface area contributed by atoms with Gasteiger partial charge in [0.15, 0.2) is 0 Å². The second-order valence-electron chi connectivity index (χ2n) is 13.1. The van der Waals surface area contributed by atoms with Gasteiger partial charge in [-0.1, -0.05) is 121 Å². The number of imide groups is 1. The normalized spacial score (nSPS) is 21.4. The molecule has 0 radical (unpaired) electrons. The second-order valence-corrected chi connectivity index (χ2v) is 13.1. The van der Waals surface area contributed by atoms with Gasteiger partial charge in [0, 0.05) is 5.39 Å². The summed E-state index contributed by atoms with van der Waals surface area (Å²) in [7, 11) is 0. The van der Waals surface area contributed by atoms with Crippen LogP contribution in [0.3, 0.4) is 0 Å². The van der Waals surface area contributed by atoms with Gasteiger partial charge in [0.05, 0.1) is 17.5 Å². The first-order valence-corrected chi connectivity index (χ1v) is 16.2. The van der Waals surface area contributed by atoms with E-state index in [-0.39, 0.29) is 35.5 Å². The zero-order chi connectivity index (χ0) is 30.5. The van der Waals surface area contributed by atoms with Crippen LogP contribution in [0.4, 0.5) is 5.69 Å². The molecule has 2 fully saturated rings. The Balaban J connectivity index is 1.21. The molecular weight excluding hydrogens is 562 g/mol. The van der Waals surface area contributed by atoms with E-state index in [2.05, 4.69) is 115 Å². The minimum atomic E-state index is -0.368. The lowest BCUT2D eigenvalue weighted by molar-refractivity contribution is -0.122. The minimum Gasteiger partial charge on any atom is -0.274 e. The van der Waals surface area contributed by atoms with Gasteiger partial charge in [-0.05, 0) is 96.8 Å². The van der Waals surface area contributed by atoms with Crippen LogP contribution in [-0.4, -0.2) is 11.8 Å². The molecule has 7 aromatic rings. The number of carbonyl (C=O) groups is 2. The zero-order valence-electron chi connectivity index (χ0n) is 25.1. The van der Waals surface area contributed by atoms with Crippen LogP contribution in [0.2, 0.25) is 0 Å². The van der Waals surface area contributed by atoms with Crippen molar-refractivity contribution in [2.75, 3.05) is 4.90 Å². The van der Waals surface area contributed by atoms with E-state index in [1.165, 1.54) is 33.0 Å². The fourth-order valence-corrected chi connectivity index (χ4v) is 9.18. The Bertz CT molecular complexity index is 2300. The van der Waals surface area contributed by atoms with Gasteiger partial charge < -0.3 is 0 Å². The number of fused-ring (bicyclic) bond motifs is 11. The Morgan fingerprint density at radius 2 is 0.935 bits per heavy atom. The quantitative estimate of drug-likeness (QED) is 0.152. The van der Waals surface area contributed by atoms with E-state index in [9.17, 15) is 9.59 Å². The van der Waals surface area contributed by atoms with E-state index in [1.807, 2.05) is 24.3 Å². The minimum absolute atomic E-state index is 0.0236. The van der Waals surface area contributed by atoms with Crippen molar-refractivity contribution in [2.45, 2.75) is 18.3 Å². The Morgan fingerprint density at radius 3 is 1.50 bits per heavy atom. The number of hydrogen-bond acceptors (Lipinski definition) is 2. The van der Waals surface area contributed by atoms with E-state index in [4.69, 9.17) is 0 Å². The lowest BCUT2D eigenvalue weighted by Gasteiger charge is -2.30. The van der Waals surface area contributed by atoms with Crippen molar-refractivity contribution in [3.05, 3.63) is 151 Å². The van der Waals surface area contributed by atoms with Crippen LogP contribution in [0.5, 0.6) is 0 Å². The standard InChI is InChI=1S/C43H29NO2/c45-42-40-33-24-34(41(40)43(46)44(42)35-21-11-18-29-22-27-16-7-8-17-28(27)23-32(29)35)39-37(26-14-5-2-6-15-26)31-20-10-9-19-30(31)36(38(33)39)25-12-3-1-4-13-25/h1-23,33-34,40-41H,24H2/t33-,34+,40+,41-. The van der Waals surface area contributed by atoms with E-state index in [0.717, 1.165) is 39.1 Å². The largest absolute Gasteiger partial charge is 0.274 e.